The lowest BCUT2D eigenvalue weighted by molar-refractivity contribution is 0.353. The molecule has 1 N–H and O–H groups in total. The van der Waals surface area contributed by atoms with Crippen molar-refractivity contribution in [3.63, 3.8) is 0 Å². The van der Waals surface area contributed by atoms with Crippen LogP contribution in [-0.4, -0.2) is 13.1 Å². The zero-order valence-electron chi connectivity index (χ0n) is 12.4. The number of unbranched alkanes of at least 4 members (excludes halogenated alkanes) is 3. The van der Waals surface area contributed by atoms with Crippen molar-refractivity contribution in [2.75, 3.05) is 13.1 Å². The summed E-state index contributed by atoms with van der Waals surface area (Å²) in [7, 11) is 0. The van der Waals surface area contributed by atoms with E-state index < -0.39 is 0 Å². The SMILES string of the molecule is CC(C)(C)CCCCCCNCC(C)(C)C. The maximum absolute atomic E-state index is 3.53. The van der Waals surface area contributed by atoms with Gasteiger partial charge in [-0.05, 0) is 36.8 Å². The topological polar surface area (TPSA) is 12.0 Å². The quantitative estimate of drug-likeness (QED) is 0.626. The molecule has 1 heteroatoms. The first-order valence-electron chi connectivity index (χ1n) is 6.91. The van der Waals surface area contributed by atoms with Gasteiger partial charge in [0.2, 0.25) is 0 Å². The van der Waals surface area contributed by atoms with E-state index in [-0.39, 0.29) is 0 Å². The molecule has 0 bridgehead atoms. The van der Waals surface area contributed by atoms with Gasteiger partial charge < -0.3 is 5.32 Å². The number of hydrogen-bond acceptors (Lipinski definition) is 1. The lowest BCUT2D eigenvalue weighted by Crippen LogP contribution is -2.27. The van der Waals surface area contributed by atoms with Gasteiger partial charge in [0, 0.05) is 0 Å². The van der Waals surface area contributed by atoms with Gasteiger partial charge in [-0.1, -0.05) is 60.8 Å². The first-order chi connectivity index (χ1) is 7.21. The predicted octanol–water partition coefficient (Wildman–Crippen LogP) is 4.62. The van der Waals surface area contributed by atoms with Crippen LogP contribution in [0.1, 0.15) is 73.6 Å². The third-order valence-electron chi connectivity index (χ3n) is 2.69. The average molecular weight is 227 g/mol. The maximum atomic E-state index is 3.53. The Balaban J connectivity index is 3.17. The molecule has 16 heavy (non-hydrogen) atoms. The largest absolute Gasteiger partial charge is 0.316 e. The van der Waals surface area contributed by atoms with Crippen LogP contribution in [0.4, 0.5) is 0 Å². The zero-order valence-corrected chi connectivity index (χ0v) is 12.4. The van der Waals surface area contributed by atoms with Crippen molar-refractivity contribution in [2.24, 2.45) is 10.8 Å². The molecule has 1 nitrogen and oxygen atoms in total. The lowest BCUT2D eigenvalue weighted by Gasteiger charge is -2.19. The van der Waals surface area contributed by atoms with Gasteiger partial charge in [-0.15, -0.1) is 0 Å². The van der Waals surface area contributed by atoms with E-state index in [1.165, 1.54) is 38.6 Å². The van der Waals surface area contributed by atoms with Crippen molar-refractivity contribution in [3.05, 3.63) is 0 Å². The fourth-order valence-electron chi connectivity index (χ4n) is 1.72. The average Bonchev–Trinajstić information content (AvgIpc) is 2.06. The number of rotatable bonds is 7. The lowest BCUT2D eigenvalue weighted by atomic mass is 9.89. The summed E-state index contributed by atoms with van der Waals surface area (Å²) in [6.45, 7) is 16.2. The molecule has 0 atom stereocenters. The van der Waals surface area contributed by atoms with Gasteiger partial charge in [-0.2, -0.15) is 0 Å². The van der Waals surface area contributed by atoms with E-state index in [2.05, 4.69) is 46.9 Å². The smallest absolute Gasteiger partial charge is 0.0000126 e. The fraction of sp³-hybridized carbons (Fsp3) is 1.00. The third kappa shape index (κ3) is 14.0. The molecule has 0 saturated carbocycles. The molecule has 0 aromatic carbocycles. The fourth-order valence-corrected chi connectivity index (χ4v) is 1.72. The summed E-state index contributed by atoms with van der Waals surface area (Å²) in [6.07, 6.45) is 6.87. The number of hydrogen-bond donors (Lipinski definition) is 1. The van der Waals surface area contributed by atoms with Crippen molar-refractivity contribution in [1.82, 2.24) is 5.32 Å². The van der Waals surface area contributed by atoms with Gasteiger partial charge in [0.1, 0.15) is 0 Å². The molecule has 0 amide bonds. The van der Waals surface area contributed by atoms with Crippen molar-refractivity contribution in [2.45, 2.75) is 73.6 Å². The molecule has 0 spiro atoms. The molecule has 0 aromatic heterocycles. The van der Waals surface area contributed by atoms with E-state index in [1.807, 2.05) is 0 Å². The van der Waals surface area contributed by atoms with Gasteiger partial charge in [-0.25, -0.2) is 0 Å². The summed E-state index contributed by atoms with van der Waals surface area (Å²) in [5.74, 6) is 0. The van der Waals surface area contributed by atoms with Crippen LogP contribution in [0.25, 0.3) is 0 Å². The molecule has 0 aromatic rings. The van der Waals surface area contributed by atoms with E-state index in [0.717, 1.165) is 6.54 Å². The normalized spacial score (nSPS) is 13.1. The molecule has 0 aliphatic heterocycles. The Morgan fingerprint density at radius 3 is 1.75 bits per heavy atom. The van der Waals surface area contributed by atoms with Crippen LogP contribution in [-0.2, 0) is 0 Å². The second kappa shape index (κ2) is 7.32. The van der Waals surface area contributed by atoms with Crippen LogP contribution >= 0.6 is 0 Å². The highest BCUT2D eigenvalue weighted by Crippen LogP contribution is 2.22. The molecule has 0 saturated heterocycles. The second-order valence-electron chi connectivity index (χ2n) is 7.46. The molecule has 0 rings (SSSR count). The Morgan fingerprint density at radius 1 is 0.688 bits per heavy atom. The highest BCUT2D eigenvalue weighted by Gasteiger charge is 2.09. The van der Waals surface area contributed by atoms with E-state index in [9.17, 15) is 0 Å². The Kier molecular flexibility index (Phi) is 7.30. The van der Waals surface area contributed by atoms with Crippen LogP contribution in [0.5, 0.6) is 0 Å². The van der Waals surface area contributed by atoms with Crippen molar-refractivity contribution < 1.29 is 0 Å². The molecule has 0 aliphatic carbocycles. The van der Waals surface area contributed by atoms with E-state index in [1.54, 1.807) is 0 Å². The second-order valence-corrected chi connectivity index (χ2v) is 7.46. The minimum atomic E-state index is 0.423. The molecule has 0 aliphatic rings. The van der Waals surface area contributed by atoms with Gasteiger partial charge >= 0.3 is 0 Å². The molecule has 0 unspecified atom stereocenters. The summed E-state index contributed by atoms with van der Waals surface area (Å²) >= 11 is 0. The standard InChI is InChI=1S/C15H33N/c1-14(2,3)11-9-7-8-10-12-16-13-15(4,5)6/h16H,7-13H2,1-6H3. The zero-order chi connectivity index (χ0) is 12.7. The highest BCUT2D eigenvalue weighted by atomic mass is 14.9. The first kappa shape index (κ1) is 16.0. The van der Waals surface area contributed by atoms with Crippen LogP contribution in [0, 0.1) is 10.8 Å². The van der Waals surface area contributed by atoms with Gasteiger partial charge in [0.15, 0.2) is 0 Å². The van der Waals surface area contributed by atoms with E-state index in [0.29, 0.717) is 10.8 Å². The summed E-state index contributed by atoms with van der Waals surface area (Å²) < 4.78 is 0. The highest BCUT2D eigenvalue weighted by molar-refractivity contribution is 4.65. The first-order valence-corrected chi connectivity index (χ1v) is 6.91. The molecule has 0 radical (unpaired) electrons. The number of nitrogens with one attached hydrogen (secondary N) is 1. The Morgan fingerprint density at radius 2 is 1.25 bits per heavy atom. The predicted molar refractivity (Wildman–Crippen MR) is 74.9 cm³/mol. The summed E-state index contributed by atoms with van der Waals surface area (Å²) in [5.41, 5.74) is 0.941. The van der Waals surface area contributed by atoms with E-state index in [4.69, 9.17) is 0 Å². The summed E-state index contributed by atoms with van der Waals surface area (Å²) in [5, 5.41) is 3.53. The third-order valence-corrected chi connectivity index (χ3v) is 2.69. The minimum absolute atomic E-state index is 0.423. The van der Waals surface area contributed by atoms with Crippen molar-refractivity contribution in [1.29, 1.82) is 0 Å². The van der Waals surface area contributed by atoms with Gasteiger partial charge in [0.05, 0.1) is 0 Å². The van der Waals surface area contributed by atoms with E-state index >= 15 is 0 Å². The molecular weight excluding hydrogens is 194 g/mol. The molecule has 98 valence electrons. The molecule has 0 heterocycles. The maximum Gasteiger partial charge on any atom is -0.0000126 e. The van der Waals surface area contributed by atoms with Crippen LogP contribution < -0.4 is 5.32 Å². The van der Waals surface area contributed by atoms with Crippen molar-refractivity contribution in [3.8, 4) is 0 Å². The Bertz CT molecular complexity index is 139. The van der Waals surface area contributed by atoms with Crippen LogP contribution in [0.2, 0.25) is 0 Å². The van der Waals surface area contributed by atoms with Crippen LogP contribution in [0.3, 0.4) is 0 Å². The molecule has 0 fully saturated rings. The van der Waals surface area contributed by atoms with Gasteiger partial charge in [-0.3, -0.25) is 0 Å². The van der Waals surface area contributed by atoms with Crippen molar-refractivity contribution >= 4 is 0 Å². The minimum Gasteiger partial charge on any atom is -0.316 e. The van der Waals surface area contributed by atoms with Crippen LogP contribution in [0.15, 0.2) is 0 Å². The monoisotopic (exact) mass is 227 g/mol. The van der Waals surface area contributed by atoms with Gasteiger partial charge in [0.25, 0.3) is 0 Å². The Labute approximate surface area is 103 Å². The summed E-state index contributed by atoms with van der Waals surface area (Å²) in [4.78, 5) is 0. The summed E-state index contributed by atoms with van der Waals surface area (Å²) in [6, 6.07) is 0. The Hall–Kier alpha value is -0.0400. The molecular formula is C15H33N.